The predicted octanol–water partition coefficient (Wildman–Crippen LogP) is 1.54. The zero-order valence-electron chi connectivity index (χ0n) is 11.9. The predicted molar refractivity (Wildman–Crippen MR) is 75.8 cm³/mol. The lowest BCUT2D eigenvalue weighted by atomic mass is 10.1. The van der Waals surface area contributed by atoms with Crippen LogP contribution in [0.3, 0.4) is 0 Å². The van der Waals surface area contributed by atoms with Crippen LogP contribution in [-0.2, 0) is 0 Å². The second-order valence-electron chi connectivity index (χ2n) is 6.65. The van der Waals surface area contributed by atoms with E-state index in [0.717, 1.165) is 18.0 Å². The summed E-state index contributed by atoms with van der Waals surface area (Å²) in [6.07, 6.45) is 7.12. The molecule has 104 valence electrons. The third-order valence-corrected chi connectivity index (χ3v) is 4.82. The first-order chi connectivity index (χ1) is 8.81. The molecule has 1 saturated heterocycles. The third-order valence-electron chi connectivity index (χ3n) is 4.82. The summed E-state index contributed by atoms with van der Waals surface area (Å²) in [7, 11) is 0. The van der Waals surface area contributed by atoms with Crippen LogP contribution in [0.2, 0.25) is 0 Å². The van der Waals surface area contributed by atoms with Gasteiger partial charge in [-0.1, -0.05) is 0 Å². The van der Waals surface area contributed by atoms with Crippen molar-refractivity contribution in [3.05, 3.63) is 0 Å². The van der Waals surface area contributed by atoms with E-state index in [1.807, 2.05) is 0 Å². The van der Waals surface area contributed by atoms with Crippen molar-refractivity contribution in [2.24, 2.45) is 5.92 Å². The molecule has 3 fully saturated rings. The topological polar surface area (TPSA) is 18.5 Å². The van der Waals surface area contributed by atoms with Gasteiger partial charge in [0.05, 0.1) is 0 Å². The van der Waals surface area contributed by atoms with Crippen molar-refractivity contribution in [2.45, 2.75) is 51.1 Å². The van der Waals surface area contributed by atoms with Gasteiger partial charge in [0.2, 0.25) is 0 Å². The normalized spacial score (nSPS) is 28.5. The van der Waals surface area contributed by atoms with Gasteiger partial charge in [0.15, 0.2) is 0 Å². The molecular weight excluding hydrogens is 222 g/mol. The molecule has 18 heavy (non-hydrogen) atoms. The minimum Gasteiger partial charge on any atom is -0.314 e. The van der Waals surface area contributed by atoms with Crippen LogP contribution in [-0.4, -0.2) is 61.2 Å². The van der Waals surface area contributed by atoms with Crippen LogP contribution < -0.4 is 5.32 Å². The molecule has 0 radical (unpaired) electrons. The third kappa shape index (κ3) is 3.94. The van der Waals surface area contributed by atoms with Crippen LogP contribution >= 0.6 is 0 Å². The van der Waals surface area contributed by atoms with E-state index in [9.17, 15) is 0 Å². The number of nitrogens with zero attached hydrogens (tertiary/aromatic N) is 2. The molecule has 1 heterocycles. The van der Waals surface area contributed by atoms with Gasteiger partial charge in [0, 0.05) is 44.8 Å². The first kappa shape index (κ1) is 12.9. The Hall–Kier alpha value is -0.120. The summed E-state index contributed by atoms with van der Waals surface area (Å²) in [6, 6.07) is 1.63. The molecule has 3 rings (SSSR count). The number of hydrogen-bond acceptors (Lipinski definition) is 3. The molecule has 0 amide bonds. The van der Waals surface area contributed by atoms with Gasteiger partial charge in [-0.05, 0) is 51.5 Å². The molecule has 3 heteroatoms. The molecule has 1 atom stereocenters. The molecule has 0 aromatic carbocycles. The molecule has 0 aromatic rings. The highest BCUT2D eigenvalue weighted by molar-refractivity contribution is 4.84. The Balaban J connectivity index is 1.30. The number of nitrogens with one attached hydrogen (secondary N) is 1. The van der Waals surface area contributed by atoms with Crippen molar-refractivity contribution >= 4 is 0 Å². The lowest BCUT2D eigenvalue weighted by Crippen LogP contribution is -2.50. The molecule has 1 N–H and O–H groups in total. The van der Waals surface area contributed by atoms with Gasteiger partial charge in [-0.25, -0.2) is 0 Å². The number of rotatable bonds is 7. The molecule has 2 saturated carbocycles. The van der Waals surface area contributed by atoms with Gasteiger partial charge in [-0.2, -0.15) is 0 Å². The fourth-order valence-corrected chi connectivity index (χ4v) is 3.02. The average Bonchev–Trinajstić information content (AvgIpc) is 3.24. The highest BCUT2D eigenvalue weighted by Crippen LogP contribution is 2.30. The van der Waals surface area contributed by atoms with Crippen molar-refractivity contribution < 1.29 is 0 Å². The maximum atomic E-state index is 3.63. The van der Waals surface area contributed by atoms with E-state index < -0.39 is 0 Å². The molecular formula is C15H29N3. The Bertz CT molecular complexity index is 252. The molecule has 0 bridgehead atoms. The summed E-state index contributed by atoms with van der Waals surface area (Å²) < 4.78 is 0. The summed E-state index contributed by atoms with van der Waals surface area (Å²) in [5, 5.41) is 3.63. The Morgan fingerprint density at radius 2 is 1.78 bits per heavy atom. The Kier molecular flexibility index (Phi) is 4.22. The Labute approximate surface area is 112 Å². The summed E-state index contributed by atoms with van der Waals surface area (Å²) in [6.45, 7) is 10.2. The lowest BCUT2D eigenvalue weighted by molar-refractivity contribution is 0.0959. The highest BCUT2D eigenvalue weighted by Gasteiger charge is 2.27. The zero-order chi connectivity index (χ0) is 12.4. The fraction of sp³-hybridized carbons (Fsp3) is 1.00. The van der Waals surface area contributed by atoms with Gasteiger partial charge < -0.3 is 10.2 Å². The molecule has 0 spiro atoms. The van der Waals surface area contributed by atoms with Crippen LogP contribution in [0.25, 0.3) is 0 Å². The van der Waals surface area contributed by atoms with Crippen molar-refractivity contribution in [3.8, 4) is 0 Å². The van der Waals surface area contributed by atoms with Crippen LogP contribution in [0, 0.1) is 5.92 Å². The van der Waals surface area contributed by atoms with Gasteiger partial charge >= 0.3 is 0 Å². The molecule has 2 aliphatic carbocycles. The van der Waals surface area contributed by atoms with E-state index in [1.54, 1.807) is 0 Å². The molecule has 1 unspecified atom stereocenters. The lowest BCUT2D eigenvalue weighted by Gasteiger charge is -2.38. The Morgan fingerprint density at radius 3 is 2.39 bits per heavy atom. The minimum absolute atomic E-state index is 0.763. The fourth-order valence-electron chi connectivity index (χ4n) is 3.02. The van der Waals surface area contributed by atoms with Gasteiger partial charge in [-0.3, -0.25) is 4.90 Å². The molecule has 3 nitrogen and oxygen atoms in total. The van der Waals surface area contributed by atoms with E-state index in [1.165, 1.54) is 71.4 Å². The van der Waals surface area contributed by atoms with E-state index in [0.29, 0.717) is 0 Å². The largest absolute Gasteiger partial charge is 0.314 e. The quantitative estimate of drug-likeness (QED) is 0.740. The monoisotopic (exact) mass is 251 g/mol. The first-order valence-electron chi connectivity index (χ1n) is 8.01. The van der Waals surface area contributed by atoms with Crippen LogP contribution in [0.5, 0.6) is 0 Å². The van der Waals surface area contributed by atoms with Crippen LogP contribution in [0.4, 0.5) is 0 Å². The van der Waals surface area contributed by atoms with Crippen LogP contribution in [0.15, 0.2) is 0 Å². The SMILES string of the molecule is CC(CCNC1CC1)N1CCN(CC2CC2)CC1. The maximum Gasteiger partial charge on any atom is 0.0113 e. The van der Waals surface area contributed by atoms with Gasteiger partial charge in [-0.15, -0.1) is 0 Å². The molecule has 0 aromatic heterocycles. The minimum atomic E-state index is 0.763. The van der Waals surface area contributed by atoms with Gasteiger partial charge in [0.25, 0.3) is 0 Å². The van der Waals surface area contributed by atoms with Gasteiger partial charge in [0.1, 0.15) is 0 Å². The maximum absolute atomic E-state index is 3.63. The second kappa shape index (κ2) is 5.89. The van der Waals surface area contributed by atoms with E-state index >= 15 is 0 Å². The van der Waals surface area contributed by atoms with Crippen molar-refractivity contribution in [2.75, 3.05) is 39.3 Å². The van der Waals surface area contributed by atoms with Crippen LogP contribution in [0.1, 0.15) is 39.0 Å². The smallest absolute Gasteiger partial charge is 0.0113 e. The summed E-state index contributed by atoms with van der Waals surface area (Å²) in [4.78, 5) is 5.38. The Morgan fingerprint density at radius 1 is 1.06 bits per heavy atom. The highest BCUT2D eigenvalue weighted by atomic mass is 15.3. The average molecular weight is 251 g/mol. The zero-order valence-corrected chi connectivity index (χ0v) is 11.9. The molecule has 1 aliphatic heterocycles. The summed E-state index contributed by atoms with van der Waals surface area (Å²) in [5.74, 6) is 1.05. The van der Waals surface area contributed by atoms with E-state index in [4.69, 9.17) is 0 Å². The second-order valence-corrected chi connectivity index (χ2v) is 6.65. The standard InChI is InChI=1S/C15H29N3/c1-13(6-7-16-15-4-5-15)18-10-8-17(9-11-18)12-14-2-3-14/h13-16H,2-12H2,1H3. The van der Waals surface area contributed by atoms with Crippen molar-refractivity contribution in [3.63, 3.8) is 0 Å². The van der Waals surface area contributed by atoms with Crippen molar-refractivity contribution in [1.82, 2.24) is 15.1 Å². The summed E-state index contributed by atoms with van der Waals surface area (Å²) >= 11 is 0. The van der Waals surface area contributed by atoms with E-state index in [-0.39, 0.29) is 0 Å². The van der Waals surface area contributed by atoms with Crippen molar-refractivity contribution in [1.29, 1.82) is 0 Å². The molecule has 3 aliphatic rings. The van der Waals surface area contributed by atoms with E-state index in [2.05, 4.69) is 22.0 Å². The summed E-state index contributed by atoms with van der Waals surface area (Å²) in [5.41, 5.74) is 0. The first-order valence-corrected chi connectivity index (χ1v) is 8.01. The number of piperazine rings is 1. The number of hydrogen-bond donors (Lipinski definition) is 1.